The van der Waals surface area contributed by atoms with Crippen LogP contribution in [0, 0.1) is 0 Å². The van der Waals surface area contributed by atoms with Crippen LogP contribution < -0.4 is 4.74 Å². The molecule has 6 nitrogen and oxygen atoms in total. The average molecular weight is 332 g/mol. The number of aromatic nitrogens is 4. The van der Waals surface area contributed by atoms with E-state index >= 15 is 0 Å². The minimum Gasteiger partial charge on any atom is -0.461 e. The molecule has 0 radical (unpaired) electrons. The largest absolute Gasteiger partial charge is 0.461 e. The lowest BCUT2D eigenvalue weighted by Gasteiger charge is -2.04. The molecule has 2 aromatic heterocycles. The number of aliphatic hydroxyl groups is 1. The third-order valence-electron chi connectivity index (χ3n) is 3.77. The number of fused-ring (bicyclic) bond motifs is 1. The second kappa shape index (κ2) is 6.70. The molecular weight excluding hydrogens is 316 g/mol. The van der Waals surface area contributed by atoms with Gasteiger partial charge in [-0.2, -0.15) is 10.1 Å². The number of nitrogens with zero attached hydrogens (tertiary/aromatic N) is 4. The lowest BCUT2D eigenvalue weighted by molar-refractivity contribution is 0.192. The first-order chi connectivity index (χ1) is 12.4. The summed E-state index contributed by atoms with van der Waals surface area (Å²) in [5, 5.41) is 14.5. The van der Waals surface area contributed by atoms with E-state index in [-0.39, 0.29) is 19.2 Å². The van der Waals surface area contributed by atoms with Crippen LogP contribution in [-0.2, 0) is 0 Å². The van der Waals surface area contributed by atoms with Gasteiger partial charge in [-0.25, -0.2) is 9.67 Å². The Kier molecular flexibility index (Phi) is 4.10. The minimum atomic E-state index is -0.0887. The van der Waals surface area contributed by atoms with Gasteiger partial charge in [0.1, 0.15) is 12.3 Å². The molecule has 2 heterocycles. The second-order valence-electron chi connectivity index (χ2n) is 5.42. The highest BCUT2D eigenvalue weighted by Gasteiger charge is 2.16. The normalized spacial score (nSPS) is 10.9. The van der Waals surface area contributed by atoms with Gasteiger partial charge in [0.2, 0.25) is 0 Å². The van der Waals surface area contributed by atoms with Gasteiger partial charge in [0, 0.05) is 11.8 Å². The number of benzene rings is 2. The summed E-state index contributed by atoms with van der Waals surface area (Å²) in [6, 6.07) is 20.0. The summed E-state index contributed by atoms with van der Waals surface area (Å²) >= 11 is 0. The topological polar surface area (TPSA) is 73.1 Å². The molecule has 0 atom stereocenters. The standard InChI is InChI=1S/C19H16N4O2/c24-11-12-25-19-20-13-16-17(14-7-3-1-4-8-14)22-23(18(16)21-19)15-9-5-2-6-10-15/h1-10,13,24H,11-12H2. The molecule has 1 N–H and O–H groups in total. The molecule has 0 unspecified atom stereocenters. The Morgan fingerprint density at radius 1 is 0.960 bits per heavy atom. The van der Waals surface area contributed by atoms with Gasteiger partial charge in [0.25, 0.3) is 0 Å². The van der Waals surface area contributed by atoms with E-state index in [0.717, 1.165) is 22.3 Å². The molecule has 0 spiro atoms. The van der Waals surface area contributed by atoms with Crippen molar-refractivity contribution < 1.29 is 9.84 Å². The van der Waals surface area contributed by atoms with Gasteiger partial charge in [0.05, 0.1) is 17.7 Å². The van der Waals surface area contributed by atoms with Crippen LogP contribution in [0.4, 0.5) is 0 Å². The van der Waals surface area contributed by atoms with Crippen molar-refractivity contribution in [2.24, 2.45) is 0 Å². The monoisotopic (exact) mass is 332 g/mol. The molecule has 6 heteroatoms. The highest BCUT2D eigenvalue weighted by molar-refractivity contribution is 5.91. The van der Waals surface area contributed by atoms with Gasteiger partial charge in [0.15, 0.2) is 5.65 Å². The number of ether oxygens (including phenoxy) is 1. The van der Waals surface area contributed by atoms with E-state index in [1.165, 1.54) is 0 Å². The Morgan fingerprint density at radius 3 is 2.40 bits per heavy atom. The zero-order chi connectivity index (χ0) is 17.1. The maximum atomic E-state index is 8.93. The highest BCUT2D eigenvalue weighted by Crippen LogP contribution is 2.29. The van der Waals surface area contributed by atoms with E-state index in [1.54, 1.807) is 10.9 Å². The number of hydrogen-bond donors (Lipinski definition) is 1. The van der Waals surface area contributed by atoms with E-state index < -0.39 is 0 Å². The highest BCUT2D eigenvalue weighted by atomic mass is 16.5. The van der Waals surface area contributed by atoms with Gasteiger partial charge in [-0.05, 0) is 12.1 Å². The first-order valence-corrected chi connectivity index (χ1v) is 7.97. The predicted octanol–water partition coefficient (Wildman–Crippen LogP) is 2.85. The van der Waals surface area contributed by atoms with Crippen molar-refractivity contribution in [2.45, 2.75) is 0 Å². The lowest BCUT2D eigenvalue weighted by Crippen LogP contribution is -2.05. The number of rotatable bonds is 5. The van der Waals surface area contributed by atoms with Gasteiger partial charge >= 0.3 is 6.01 Å². The maximum absolute atomic E-state index is 8.93. The summed E-state index contributed by atoms with van der Waals surface area (Å²) < 4.78 is 7.14. The Hall–Kier alpha value is -3.25. The van der Waals surface area contributed by atoms with Crippen LogP contribution in [-0.4, -0.2) is 38.1 Å². The Morgan fingerprint density at radius 2 is 1.68 bits per heavy atom. The second-order valence-corrected chi connectivity index (χ2v) is 5.42. The first kappa shape index (κ1) is 15.3. The molecule has 124 valence electrons. The molecule has 2 aromatic carbocycles. The van der Waals surface area contributed by atoms with Crippen molar-refractivity contribution in [3.8, 4) is 23.0 Å². The van der Waals surface area contributed by atoms with E-state index in [9.17, 15) is 0 Å². The summed E-state index contributed by atoms with van der Waals surface area (Å²) in [5.41, 5.74) is 3.37. The molecule has 0 aliphatic carbocycles. The van der Waals surface area contributed by atoms with Crippen molar-refractivity contribution in [3.05, 3.63) is 66.9 Å². The Bertz CT molecular complexity index is 984. The van der Waals surface area contributed by atoms with Crippen molar-refractivity contribution in [1.29, 1.82) is 0 Å². The van der Waals surface area contributed by atoms with Crippen LogP contribution in [0.15, 0.2) is 66.9 Å². The fourth-order valence-corrected chi connectivity index (χ4v) is 2.65. The maximum Gasteiger partial charge on any atom is 0.318 e. The van der Waals surface area contributed by atoms with Gasteiger partial charge in [-0.15, -0.1) is 0 Å². The third-order valence-corrected chi connectivity index (χ3v) is 3.77. The molecule has 0 aliphatic rings. The molecular formula is C19H16N4O2. The first-order valence-electron chi connectivity index (χ1n) is 7.97. The molecule has 0 saturated heterocycles. The van der Waals surface area contributed by atoms with E-state index in [2.05, 4.69) is 9.97 Å². The van der Waals surface area contributed by atoms with Gasteiger partial charge in [-0.3, -0.25) is 0 Å². The van der Waals surface area contributed by atoms with Crippen molar-refractivity contribution >= 4 is 11.0 Å². The summed E-state index contributed by atoms with van der Waals surface area (Å²) in [7, 11) is 0. The molecule has 0 aliphatic heterocycles. The lowest BCUT2D eigenvalue weighted by atomic mass is 10.1. The fourth-order valence-electron chi connectivity index (χ4n) is 2.65. The van der Waals surface area contributed by atoms with Gasteiger partial charge in [-0.1, -0.05) is 48.5 Å². The van der Waals surface area contributed by atoms with Crippen molar-refractivity contribution in [3.63, 3.8) is 0 Å². The minimum absolute atomic E-state index is 0.0887. The van der Waals surface area contributed by atoms with Crippen LogP contribution in [0.2, 0.25) is 0 Å². The van der Waals surface area contributed by atoms with Crippen LogP contribution >= 0.6 is 0 Å². The number of hydrogen-bond acceptors (Lipinski definition) is 5. The van der Waals surface area contributed by atoms with Crippen LogP contribution in [0.1, 0.15) is 0 Å². The van der Waals surface area contributed by atoms with E-state index in [0.29, 0.717) is 5.65 Å². The molecule has 0 bridgehead atoms. The fraction of sp³-hybridized carbons (Fsp3) is 0.105. The molecule has 0 amide bonds. The SMILES string of the molecule is OCCOc1ncc2c(-c3ccccc3)nn(-c3ccccc3)c2n1. The molecule has 4 rings (SSSR count). The quantitative estimate of drug-likeness (QED) is 0.608. The van der Waals surface area contributed by atoms with Crippen molar-refractivity contribution in [2.75, 3.05) is 13.2 Å². The van der Waals surface area contributed by atoms with E-state index in [1.807, 2.05) is 60.7 Å². The Labute approximate surface area is 144 Å². The van der Waals surface area contributed by atoms with E-state index in [4.69, 9.17) is 14.9 Å². The average Bonchev–Trinajstić information content (AvgIpc) is 3.06. The summed E-state index contributed by atoms with van der Waals surface area (Å²) in [6.07, 6.45) is 1.71. The smallest absolute Gasteiger partial charge is 0.318 e. The zero-order valence-electron chi connectivity index (χ0n) is 13.4. The molecule has 0 fully saturated rings. The molecule has 25 heavy (non-hydrogen) atoms. The summed E-state index contributed by atoms with van der Waals surface area (Å²) in [4.78, 5) is 8.73. The van der Waals surface area contributed by atoms with Crippen LogP contribution in [0.25, 0.3) is 28.0 Å². The van der Waals surface area contributed by atoms with Crippen LogP contribution in [0.3, 0.4) is 0 Å². The van der Waals surface area contributed by atoms with Gasteiger partial charge < -0.3 is 9.84 Å². The van der Waals surface area contributed by atoms with Crippen LogP contribution in [0.5, 0.6) is 6.01 Å². The Balaban J connectivity index is 1.92. The summed E-state index contributed by atoms with van der Waals surface area (Å²) in [5.74, 6) is 0. The zero-order valence-corrected chi connectivity index (χ0v) is 13.4. The summed E-state index contributed by atoms with van der Waals surface area (Å²) in [6.45, 7) is 0.0606. The predicted molar refractivity (Wildman–Crippen MR) is 94.7 cm³/mol. The van der Waals surface area contributed by atoms with Crippen molar-refractivity contribution in [1.82, 2.24) is 19.7 Å². The number of para-hydroxylation sites is 1. The molecule has 0 saturated carbocycles. The molecule has 4 aromatic rings. The third kappa shape index (κ3) is 2.95. The number of aliphatic hydroxyl groups excluding tert-OH is 1.